The number of nitro groups is 1. The van der Waals surface area contributed by atoms with E-state index < -0.39 is 16.4 Å². The van der Waals surface area contributed by atoms with Crippen molar-refractivity contribution in [1.29, 1.82) is 0 Å². The van der Waals surface area contributed by atoms with Gasteiger partial charge in [0.2, 0.25) is 5.91 Å². The molecule has 3 aromatic rings. The van der Waals surface area contributed by atoms with Crippen molar-refractivity contribution in [2.24, 2.45) is 5.92 Å². The van der Waals surface area contributed by atoms with Crippen LogP contribution in [0.15, 0.2) is 78.9 Å². The number of nitrogens with zero attached hydrogens (tertiary/aromatic N) is 2. The van der Waals surface area contributed by atoms with Crippen LogP contribution in [0.25, 0.3) is 0 Å². The molecule has 1 N–H and O–H groups in total. The van der Waals surface area contributed by atoms with Crippen LogP contribution in [0.2, 0.25) is 0 Å². The van der Waals surface area contributed by atoms with Crippen molar-refractivity contribution in [3.8, 4) is 0 Å². The van der Waals surface area contributed by atoms with Crippen molar-refractivity contribution in [2.45, 2.75) is 17.5 Å². The van der Waals surface area contributed by atoms with Gasteiger partial charge in [-0.05, 0) is 11.6 Å². The van der Waals surface area contributed by atoms with E-state index in [0.29, 0.717) is 11.4 Å². The maximum Gasteiger partial charge on any atom is 0.269 e. The van der Waals surface area contributed by atoms with Crippen molar-refractivity contribution in [3.63, 3.8) is 0 Å². The molecule has 3 aliphatic heterocycles. The first-order valence-corrected chi connectivity index (χ1v) is 12.3. The van der Waals surface area contributed by atoms with Gasteiger partial charge in [-0.1, -0.05) is 60.7 Å². The molecular formula is C26H21N3O4S. The Morgan fingerprint density at radius 3 is 2.47 bits per heavy atom. The first-order valence-electron chi connectivity index (χ1n) is 11.1. The van der Waals surface area contributed by atoms with Crippen molar-refractivity contribution >= 4 is 34.8 Å². The highest BCUT2D eigenvalue weighted by Crippen LogP contribution is 2.61. The van der Waals surface area contributed by atoms with E-state index in [0.717, 1.165) is 22.6 Å². The summed E-state index contributed by atoms with van der Waals surface area (Å²) in [6.07, 6.45) is 0. The average molecular weight is 472 g/mol. The number of ketones is 1. The van der Waals surface area contributed by atoms with E-state index in [1.807, 2.05) is 42.5 Å². The first-order chi connectivity index (χ1) is 16.5. The summed E-state index contributed by atoms with van der Waals surface area (Å²) in [5, 5.41) is 14.3. The molecule has 0 aliphatic carbocycles. The van der Waals surface area contributed by atoms with Crippen molar-refractivity contribution in [3.05, 3.63) is 106 Å². The summed E-state index contributed by atoms with van der Waals surface area (Å²) < 4.78 is 0. The second kappa shape index (κ2) is 7.78. The Morgan fingerprint density at radius 1 is 1.03 bits per heavy atom. The lowest BCUT2D eigenvalue weighted by atomic mass is 9.69. The minimum absolute atomic E-state index is 0.00371. The number of carbonyl (C=O) groups is 2. The predicted molar refractivity (Wildman–Crippen MR) is 130 cm³/mol. The highest BCUT2D eigenvalue weighted by Gasteiger charge is 2.69. The molecule has 0 saturated carbocycles. The number of nitro benzene ring substituents is 1. The van der Waals surface area contributed by atoms with Crippen LogP contribution >= 0.6 is 11.8 Å². The number of benzene rings is 3. The first kappa shape index (κ1) is 21.1. The maximum absolute atomic E-state index is 14.2. The van der Waals surface area contributed by atoms with Crippen LogP contribution in [0, 0.1) is 16.0 Å². The van der Waals surface area contributed by atoms with Gasteiger partial charge in [-0.25, -0.2) is 0 Å². The number of thioether (sulfide) groups is 1. The Morgan fingerprint density at radius 2 is 1.74 bits per heavy atom. The van der Waals surface area contributed by atoms with Gasteiger partial charge in [0, 0.05) is 52.5 Å². The molecule has 170 valence electrons. The number of carbonyl (C=O) groups excluding carboxylic acids is 2. The zero-order valence-corrected chi connectivity index (χ0v) is 18.9. The van der Waals surface area contributed by atoms with Gasteiger partial charge in [-0.2, -0.15) is 0 Å². The molecule has 3 aliphatic rings. The summed E-state index contributed by atoms with van der Waals surface area (Å²) in [4.78, 5) is 41.1. The zero-order valence-electron chi connectivity index (χ0n) is 18.1. The third-order valence-electron chi connectivity index (χ3n) is 7.36. The molecule has 4 atom stereocenters. The molecule has 8 heteroatoms. The molecule has 0 unspecified atom stereocenters. The smallest absolute Gasteiger partial charge is 0.269 e. The number of fused-ring (bicyclic) bond motifs is 4. The number of rotatable bonds is 4. The Bertz CT molecular complexity index is 1310. The number of hydrogen-bond acceptors (Lipinski definition) is 6. The number of non-ortho nitro benzene ring substituents is 1. The van der Waals surface area contributed by atoms with Gasteiger partial charge in [-0.3, -0.25) is 24.6 Å². The van der Waals surface area contributed by atoms with Gasteiger partial charge >= 0.3 is 0 Å². The minimum atomic E-state index is -1.13. The number of Topliss-reactive ketones (excluding diaryl/α,β-unsaturated/α-hetero) is 1. The topological polar surface area (TPSA) is 92.5 Å². The van der Waals surface area contributed by atoms with Gasteiger partial charge in [0.15, 0.2) is 5.78 Å². The molecule has 1 amide bonds. The Hall–Kier alpha value is -3.49. The highest BCUT2D eigenvalue weighted by atomic mass is 32.2. The molecule has 7 nitrogen and oxygen atoms in total. The fraction of sp³-hybridized carbons (Fsp3) is 0.231. The predicted octanol–water partition coefficient (Wildman–Crippen LogP) is 4.41. The SMILES string of the molecule is O=C(c1ccccc1)[C@@H]1[C@@H](c2ccc([N+](=O)[O-])cc2)[C@@H]2CSCN2[C@@]12C(=O)Nc1ccccc12. The third kappa shape index (κ3) is 2.82. The molecule has 0 radical (unpaired) electrons. The van der Waals surface area contributed by atoms with Crippen molar-refractivity contribution < 1.29 is 14.5 Å². The largest absolute Gasteiger partial charge is 0.324 e. The summed E-state index contributed by atoms with van der Waals surface area (Å²) in [6, 6.07) is 23.1. The van der Waals surface area contributed by atoms with Crippen LogP contribution < -0.4 is 5.32 Å². The number of anilines is 1. The molecular weight excluding hydrogens is 450 g/mol. The molecule has 6 rings (SSSR count). The third-order valence-corrected chi connectivity index (χ3v) is 8.40. The minimum Gasteiger partial charge on any atom is -0.324 e. The lowest BCUT2D eigenvalue weighted by Gasteiger charge is -2.36. The summed E-state index contributed by atoms with van der Waals surface area (Å²) in [6.45, 7) is 0. The average Bonchev–Trinajstić information content (AvgIpc) is 3.52. The fourth-order valence-electron chi connectivity index (χ4n) is 6.01. The fourth-order valence-corrected chi connectivity index (χ4v) is 7.33. The normalized spacial score (nSPS) is 27.4. The van der Waals surface area contributed by atoms with Crippen molar-refractivity contribution in [2.75, 3.05) is 16.9 Å². The van der Waals surface area contributed by atoms with E-state index in [1.165, 1.54) is 12.1 Å². The molecule has 0 bridgehead atoms. The van der Waals surface area contributed by atoms with Crippen LogP contribution in [-0.2, 0) is 10.3 Å². The number of hydrogen-bond donors (Lipinski definition) is 1. The van der Waals surface area contributed by atoms with E-state index in [9.17, 15) is 19.7 Å². The van der Waals surface area contributed by atoms with Crippen LogP contribution in [0.5, 0.6) is 0 Å². The summed E-state index contributed by atoms with van der Waals surface area (Å²) in [5.41, 5.74) is 1.83. The van der Waals surface area contributed by atoms with Gasteiger partial charge in [0.05, 0.1) is 10.8 Å². The van der Waals surface area contributed by atoms with Crippen LogP contribution in [-0.4, -0.2) is 39.2 Å². The molecule has 2 saturated heterocycles. The van der Waals surface area contributed by atoms with Gasteiger partial charge < -0.3 is 5.32 Å². The lowest BCUT2D eigenvalue weighted by molar-refractivity contribution is -0.384. The summed E-state index contributed by atoms with van der Waals surface area (Å²) >= 11 is 1.75. The van der Waals surface area contributed by atoms with Crippen LogP contribution in [0.3, 0.4) is 0 Å². The van der Waals surface area contributed by atoms with Crippen LogP contribution in [0.4, 0.5) is 11.4 Å². The highest BCUT2D eigenvalue weighted by molar-refractivity contribution is 7.99. The van der Waals surface area contributed by atoms with E-state index >= 15 is 0 Å². The molecule has 34 heavy (non-hydrogen) atoms. The second-order valence-corrected chi connectivity index (χ2v) is 9.89. The Kier molecular flexibility index (Phi) is 4.82. The lowest BCUT2D eigenvalue weighted by Crippen LogP contribution is -2.52. The standard InChI is InChI=1S/C26H21N3O4S/c30-24(17-6-2-1-3-7-17)23-22(16-10-12-18(13-11-16)29(32)33)21-14-34-15-28(21)26(23)19-8-4-5-9-20(19)27-25(26)31/h1-13,21-23H,14-15H2,(H,27,31)/t21-,22-,23-,26+/m0/s1. The Labute approximate surface area is 200 Å². The van der Waals surface area contributed by atoms with Gasteiger partial charge in [0.1, 0.15) is 5.54 Å². The van der Waals surface area contributed by atoms with Crippen molar-refractivity contribution in [1.82, 2.24) is 4.90 Å². The molecule has 1 spiro atoms. The number of para-hydroxylation sites is 1. The maximum atomic E-state index is 14.2. The summed E-state index contributed by atoms with van der Waals surface area (Å²) in [7, 11) is 0. The number of nitrogens with one attached hydrogen (secondary N) is 1. The second-order valence-electron chi connectivity index (χ2n) is 8.89. The molecule has 0 aromatic heterocycles. The molecule has 3 heterocycles. The van der Waals surface area contributed by atoms with E-state index in [2.05, 4.69) is 10.2 Å². The quantitative estimate of drug-likeness (QED) is 0.344. The van der Waals surface area contributed by atoms with Crippen LogP contribution in [0.1, 0.15) is 27.4 Å². The zero-order chi connectivity index (χ0) is 23.4. The number of amides is 1. The Balaban J connectivity index is 1.59. The van der Waals surface area contributed by atoms with Gasteiger partial charge in [0.25, 0.3) is 5.69 Å². The molecule has 3 aromatic carbocycles. The summed E-state index contributed by atoms with van der Waals surface area (Å²) in [5.74, 6) is 0.174. The van der Waals surface area contributed by atoms with Gasteiger partial charge in [-0.15, -0.1) is 11.8 Å². The van der Waals surface area contributed by atoms with E-state index in [1.54, 1.807) is 36.0 Å². The van der Waals surface area contributed by atoms with E-state index in [4.69, 9.17) is 0 Å². The van der Waals surface area contributed by atoms with E-state index in [-0.39, 0.29) is 29.3 Å². The monoisotopic (exact) mass is 471 g/mol. The molecule has 2 fully saturated rings.